The molecule has 2 N–H and O–H groups in total. The maximum absolute atomic E-state index is 14.6. The molecule has 1 aliphatic heterocycles. The highest BCUT2D eigenvalue weighted by molar-refractivity contribution is 6.00. The van der Waals surface area contributed by atoms with Crippen LogP contribution in [-0.4, -0.2) is 23.2 Å². The van der Waals surface area contributed by atoms with E-state index in [1.54, 1.807) is 25.3 Å². The lowest BCUT2D eigenvalue weighted by Gasteiger charge is -2.29. The van der Waals surface area contributed by atoms with E-state index in [1.165, 1.54) is 6.07 Å². The van der Waals surface area contributed by atoms with Gasteiger partial charge in [-0.25, -0.2) is 9.02 Å². The van der Waals surface area contributed by atoms with E-state index < -0.39 is 11.9 Å². The minimum atomic E-state index is -0.689. The number of ketones is 1. The third kappa shape index (κ3) is 3.10. The summed E-state index contributed by atoms with van der Waals surface area (Å²) in [6.45, 7) is 0. The summed E-state index contributed by atoms with van der Waals surface area (Å²) < 4.78 is 24.7. The molecule has 0 unspecified atom stereocenters. The average Bonchev–Trinajstić information content (AvgIpc) is 3.13. The molecule has 0 radical (unpaired) electrons. The highest BCUT2D eigenvalue weighted by Crippen LogP contribution is 2.43. The minimum absolute atomic E-state index is 0.0164. The largest absolute Gasteiger partial charge is 0.497 e. The summed E-state index contributed by atoms with van der Waals surface area (Å²) >= 11 is 0. The molecule has 2 aliphatic rings. The number of halogens is 1. The Morgan fingerprint density at radius 1 is 1.07 bits per heavy atom. The first-order valence-corrected chi connectivity index (χ1v) is 9.64. The van der Waals surface area contributed by atoms with Crippen molar-refractivity contribution < 1.29 is 18.6 Å². The third-order valence-electron chi connectivity index (χ3n) is 5.64. The van der Waals surface area contributed by atoms with Crippen LogP contribution in [0, 0.1) is 5.82 Å². The lowest BCUT2D eigenvalue weighted by atomic mass is 9.78. The van der Waals surface area contributed by atoms with Crippen molar-refractivity contribution in [3.63, 3.8) is 0 Å². The number of benzene rings is 2. The number of rotatable bonds is 3. The summed E-state index contributed by atoms with van der Waals surface area (Å²) in [5, 5.41) is 14.1. The normalized spacial score (nSPS) is 20.5. The number of anilines is 2. The Labute approximate surface area is 171 Å². The monoisotopic (exact) mass is 406 g/mol. The van der Waals surface area contributed by atoms with Gasteiger partial charge in [-0.05, 0) is 46.4 Å². The molecule has 0 saturated carbocycles. The van der Waals surface area contributed by atoms with Gasteiger partial charge in [-0.2, -0.15) is 0 Å². The van der Waals surface area contributed by atoms with Gasteiger partial charge in [0.05, 0.1) is 13.2 Å². The van der Waals surface area contributed by atoms with E-state index >= 15 is 0 Å². The highest BCUT2D eigenvalue weighted by Gasteiger charge is 2.38. The summed E-state index contributed by atoms with van der Waals surface area (Å²) in [5.41, 5.74) is 2.61. The zero-order chi connectivity index (χ0) is 20.7. The van der Waals surface area contributed by atoms with Gasteiger partial charge in [0.25, 0.3) is 0 Å². The molecule has 2 atom stereocenters. The van der Waals surface area contributed by atoms with Gasteiger partial charge in [-0.15, -0.1) is 0 Å². The lowest BCUT2D eigenvalue weighted by Crippen LogP contribution is -2.27. The van der Waals surface area contributed by atoms with Crippen molar-refractivity contribution in [1.82, 2.24) is 10.3 Å². The molecular weight excluding hydrogens is 387 g/mol. The van der Waals surface area contributed by atoms with E-state index in [4.69, 9.17) is 9.37 Å². The summed E-state index contributed by atoms with van der Waals surface area (Å²) in [6.07, 6.45) is 0.904. The van der Waals surface area contributed by atoms with Crippen LogP contribution in [0.2, 0.25) is 0 Å². The molecule has 2 aromatic carbocycles. The smallest absolute Gasteiger partial charge is 0.219 e. The van der Waals surface area contributed by atoms with Crippen LogP contribution in [0.15, 0.2) is 64.4 Å². The molecule has 8 heteroatoms. The van der Waals surface area contributed by atoms with Gasteiger partial charge < -0.3 is 15.4 Å². The van der Waals surface area contributed by atoms with Gasteiger partial charge in [-0.3, -0.25) is 4.79 Å². The van der Waals surface area contributed by atoms with Gasteiger partial charge in [0.2, 0.25) is 11.6 Å². The first-order chi connectivity index (χ1) is 14.6. The molecule has 7 nitrogen and oxygen atoms in total. The van der Waals surface area contributed by atoms with Crippen molar-refractivity contribution in [2.75, 3.05) is 17.7 Å². The van der Waals surface area contributed by atoms with Crippen LogP contribution in [0.5, 0.6) is 5.75 Å². The topological polar surface area (TPSA) is 89.3 Å². The number of methoxy groups -OCH3 is 1. The first kappa shape index (κ1) is 18.4. The maximum atomic E-state index is 14.6. The predicted molar refractivity (Wildman–Crippen MR) is 108 cm³/mol. The Morgan fingerprint density at radius 2 is 1.83 bits per heavy atom. The zero-order valence-corrected chi connectivity index (χ0v) is 16.2. The van der Waals surface area contributed by atoms with Crippen molar-refractivity contribution in [3.05, 3.63) is 76.7 Å². The van der Waals surface area contributed by atoms with Crippen LogP contribution < -0.4 is 15.4 Å². The fourth-order valence-corrected chi connectivity index (χ4v) is 4.16. The molecule has 0 bridgehead atoms. The molecule has 30 heavy (non-hydrogen) atoms. The molecular formula is C22H19FN4O3. The summed E-state index contributed by atoms with van der Waals surface area (Å²) in [4.78, 5) is 13.3. The van der Waals surface area contributed by atoms with Crippen LogP contribution in [0.25, 0.3) is 0 Å². The average molecular weight is 406 g/mol. The van der Waals surface area contributed by atoms with Gasteiger partial charge in [0.15, 0.2) is 5.78 Å². The first-order valence-electron chi connectivity index (χ1n) is 9.64. The van der Waals surface area contributed by atoms with E-state index in [0.29, 0.717) is 41.3 Å². The number of carbonyl (C=O) groups is 1. The summed E-state index contributed by atoms with van der Waals surface area (Å²) in [5.74, 6) is 1.02. The number of fused-ring (bicyclic) bond motifs is 1. The second kappa shape index (κ2) is 7.29. The van der Waals surface area contributed by atoms with E-state index in [2.05, 4.69) is 20.9 Å². The molecule has 152 valence electrons. The van der Waals surface area contributed by atoms with Gasteiger partial charge >= 0.3 is 0 Å². The van der Waals surface area contributed by atoms with E-state index in [-0.39, 0.29) is 11.7 Å². The molecule has 1 aliphatic carbocycles. The van der Waals surface area contributed by atoms with Crippen molar-refractivity contribution in [2.45, 2.75) is 24.8 Å². The number of hydrogen-bond acceptors (Lipinski definition) is 7. The third-order valence-corrected chi connectivity index (χ3v) is 5.64. The van der Waals surface area contributed by atoms with Gasteiger partial charge in [-0.1, -0.05) is 30.3 Å². The summed E-state index contributed by atoms with van der Waals surface area (Å²) in [6, 6.07) is 13.4. The second-order valence-corrected chi connectivity index (χ2v) is 7.38. The maximum Gasteiger partial charge on any atom is 0.219 e. The number of Topliss-reactive ketones (excluding diaryl/α,β-unsaturated/α-hetero) is 1. The molecule has 0 amide bonds. The van der Waals surface area contributed by atoms with Crippen LogP contribution in [0.1, 0.15) is 35.9 Å². The van der Waals surface area contributed by atoms with Gasteiger partial charge in [0, 0.05) is 23.3 Å². The number of aromatic nitrogens is 2. The SMILES string of the molecule is COc1ccc([C@@H]2CC(=O)C3=C(C2)Nc2nonc2N[C@H]3c2ccccc2F)cc1. The van der Waals surface area contributed by atoms with Crippen molar-refractivity contribution in [3.8, 4) is 5.75 Å². The van der Waals surface area contributed by atoms with E-state index in [9.17, 15) is 9.18 Å². The highest BCUT2D eigenvalue weighted by atomic mass is 19.1. The van der Waals surface area contributed by atoms with E-state index in [0.717, 1.165) is 11.3 Å². The number of carbonyl (C=O) groups excluding carboxylic acids is 1. The second-order valence-electron chi connectivity index (χ2n) is 7.38. The molecule has 2 heterocycles. The summed E-state index contributed by atoms with van der Waals surface area (Å²) in [7, 11) is 1.62. The fraction of sp³-hybridized carbons (Fsp3) is 0.227. The Kier molecular flexibility index (Phi) is 4.46. The number of hydrogen-bond donors (Lipinski definition) is 2. The Bertz CT molecular complexity index is 1140. The number of nitrogens with one attached hydrogen (secondary N) is 2. The Hall–Kier alpha value is -3.68. The number of nitrogens with zero attached hydrogens (tertiary/aromatic N) is 2. The quantitative estimate of drug-likeness (QED) is 0.674. The van der Waals surface area contributed by atoms with Crippen LogP contribution in [-0.2, 0) is 4.79 Å². The molecule has 1 aromatic heterocycles. The van der Waals surface area contributed by atoms with Crippen molar-refractivity contribution in [2.24, 2.45) is 0 Å². The molecule has 0 spiro atoms. The standard InChI is InChI=1S/C22H19FN4O3/c1-29-14-8-6-12(7-9-14)13-10-17-19(18(28)11-13)20(15-4-2-3-5-16(15)23)25-22-21(24-17)26-30-27-22/h2-9,13,20H,10-11H2,1H3,(H,24,26)(H,25,27)/t13-,20-/m0/s1. The van der Waals surface area contributed by atoms with Crippen LogP contribution >= 0.6 is 0 Å². The van der Waals surface area contributed by atoms with Crippen molar-refractivity contribution >= 4 is 17.4 Å². The van der Waals surface area contributed by atoms with E-state index in [1.807, 2.05) is 24.3 Å². The molecule has 3 aromatic rings. The molecule has 5 rings (SSSR count). The van der Waals surface area contributed by atoms with Crippen LogP contribution in [0.3, 0.4) is 0 Å². The minimum Gasteiger partial charge on any atom is -0.497 e. The number of ether oxygens (including phenoxy) is 1. The zero-order valence-electron chi connectivity index (χ0n) is 16.2. The number of allylic oxidation sites excluding steroid dienone is 1. The Morgan fingerprint density at radius 3 is 2.60 bits per heavy atom. The van der Waals surface area contributed by atoms with Gasteiger partial charge in [0.1, 0.15) is 11.6 Å². The predicted octanol–water partition coefficient (Wildman–Crippen LogP) is 4.20. The lowest BCUT2D eigenvalue weighted by molar-refractivity contribution is -0.116. The van der Waals surface area contributed by atoms with Crippen LogP contribution in [0.4, 0.5) is 16.0 Å². The Balaban J connectivity index is 1.58. The fourth-order valence-electron chi connectivity index (χ4n) is 4.16. The molecule has 0 fully saturated rings. The van der Waals surface area contributed by atoms with Crippen molar-refractivity contribution in [1.29, 1.82) is 0 Å². The molecule has 0 saturated heterocycles.